The number of hydrogen-bond acceptors (Lipinski definition) is 6. The van der Waals surface area contributed by atoms with Gasteiger partial charge >= 0.3 is 23.9 Å². The van der Waals surface area contributed by atoms with E-state index in [0.29, 0.717) is 0 Å². The summed E-state index contributed by atoms with van der Waals surface area (Å²) in [6.45, 7) is -0.165. The Kier molecular flexibility index (Phi) is 7.22. The molecule has 0 atom stereocenters. The van der Waals surface area contributed by atoms with Crippen molar-refractivity contribution in [2.45, 2.75) is 37.7 Å². The van der Waals surface area contributed by atoms with Gasteiger partial charge in [0.25, 0.3) is 0 Å². The van der Waals surface area contributed by atoms with Crippen LogP contribution in [0.5, 0.6) is 0 Å². The third kappa shape index (κ3) is 6.14. The van der Waals surface area contributed by atoms with Crippen molar-refractivity contribution in [1.29, 1.82) is 0 Å². The first-order valence-electron chi connectivity index (χ1n) is 5.73. The van der Waals surface area contributed by atoms with Crippen molar-refractivity contribution in [1.82, 2.24) is 0 Å². The molecular formula is C11H16O9. The van der Waals surface area contributed by atoms with Crippen molar-refractivity contribution < 1.29 is 44.3 Å². The highest BCUT2D eigenvalue weighted by Crippen LogP contribution is 2.23. The highest BCUT2D eigenvalue weighted by molar-refractivity contribution is 5.90. The fraction of sp³-hybridized carbons (Fsp3) is 0.636. The third-order valence-corrected chi connectivity index (χ3v) is 2.36. The minimum absolute atomic E-state index is 0.165. The summed E-state index contributed by atoms with van der Waals surface area (Å²) in [6, 6.07) is 0. The fourth-order valence-corrected chi connectivity index (χ4v) is 1.47. The van der Waals surface area contributed by atoms with E-state index in [0.717, 1.165) is 0 Å². The molecule has 0 fully saturated rings. The third-order valence-electron chi connectivity index (χ3n) is 2.36. The lowest BCUT2D eigenvalue weighted by atomic mass is 9.95. The summed E-state index contributed by atoms with van der Waals surface area (Å²) in [4.78, 5) is 43.9. The Morgan fingerprint density at radius 2 is 1.40 bits per heavy atom. The second kappa shape index (κ2) is 8.10. The Morgan fingerprint density at radius 1 is 0.900 bits per heavy atom. The van der Waals surface area contributed by atoms with Crippen LogP contribution in [-0.4, -0.2) is 56.5 Å². The molecule has 0 aliphatic carbocycles. The summed E-state index contributed by atoms with van der Waals surface area (Å²) in [5, 5.41) is 34.8. The van der Waals surface area contributed by atoms with Crippen molar-refractivity contribution >= 4 is 23.9 Å². The topological polar surface area (TPSA) is 158 Å². The molecule has 0 spiro atoms. The molecule has 4 N–H and O–H groups in total. The quantitative estimate of drug-likeness (QED) is 0.306. The molecule has 0 amide bonds. The first kappa shape index (κ1) is 17.8. The van der Waals surface area contributed by atoms with E-state index in [1.165, 1.54) is 0 Å². The van der Waals surface area contributed by atoms with Gasteiger partial charge in [0.2, 0.25) is 5.60 Å². The van der Waals surface area contributed by atoms with E-state index in [4.69, 9.17) is 20.4 Å². The van der Waals surface area contributed by atoms with E-state index < -0.39 is 42.3 Å². The maximum Gasteiger partial charge on any atom is 0.349 e. The second-order valence-electron chi connectivity index (χ2n) is 4.10. The van der Waals surface area contributed by atoms with Gasteiger partial charge in [0.1, 0.15) is 0 Å². The van der Waals surface area contributed by atoms with Gasteiger partial charge in [-0.3, -0.25) is 14.4 Å². The van der Waals surface area contributed by atoms with Crippen LogP contribution in [0.15, 0.2) is 0 Å². The Bertz CT molecular complexity index is 371. The lowest BCUT2D eigenvalue weighted by Gasteiger charge is -2.26. The van der Waals surface area contributed by atoms with Gasteiger partial charge in [-0.1, -0.05) is 0 Å². The van der Waals surface area contributed by atoms with Gasteiger partial charge in [-0.15, -0.1) is 0 Å². The van der Waals surface area contributed by atoms with Gasteiger partial charge in [-0.05, 0) is 12.8 Å². The molecule has 0 saturated carbocycles. The molecule has 0 aromatic rings. The zero-order chi connectivity index (χ0) is 15.8. The molecule has 0 aromatic heterocycles. The number of aliphatic carboxylic acids is 3. The second-order valence-corrected chi connectivity index (χ2v) is 4.10. The fourth-order valence-electron chi connectivity index (χ4n) is 1.47. The molecule has 114 valence electrons. The Labute approximate surface area is 113 Å². The van der Waals surface area contributed by atoms with Gasteiger partial charge in [0.15, 0.2) is 0 Å². The number of rotatable bonds is 10. The van der Waals surface area contributed by atoms with E-state index in [-0.39, 0.29) is 25.9 Å². The van der Waals surface area contributed by atoms with E-state index in [1.54, 1.807) is 0 Å². The number of unbranched alkanes of at least 4 members (excludes halogenated alkanes) is 1. The van der Waals surface area contributed by atoms with E-state index >= 15 is 0 Å². The van der Waals surface area contributed by atoms with Crippen molar-refractivity contribution in [3.8, 4) is 0 Å². The largest absolute Gasteiger partial charge is 0.481 e. The van der Waals surface area contributed by atoms with Gasteiger partial charge < -0.3 is 25.2 Å². The Morgan fingerprint density at radius 3 is 1.75 bits per heavy atom. The van der Waals surface area contributed by atoms with Gasteiger partial charge in [-0.2, -0.15) is 0 Å². The molecule has 0 saturated heterocycles. The molecule has 9 nitrogen and oxygen atoms in total. The minimum Gasteiger partial charge on any atom is -0.481 e. The van der Waals surface area contributed by atoms with Crippen molar-refractivity contribution in [2.75, 3.05) is 6.61 Å². The zero-order valence-corrected chi connectivity index (χ0v) is 10.6. The number of carbonyl (C=O) groups excluding carboxylic acids is 1. The molecule has 0 radical (unpaired) electrons. The molecule has 0 aliphatic rings. The number of ether oxygens (including phenoxy) is 1. The number of esters is 1. The maximum atomic E-state index is 11.4. The summed E-state index contributed by atoms with van der Waals surface area (Å²) < 4.78 is 4.59. The molecule has 9 heteroatoms. The van der Waals surface area contributed by atoms with Crippen molar-refractivity contribution in [3.05, 3.63) is 0 Å². The van der Waals surface area contributed by atoms with Crippen LogP contribution >= 0.6 is 0 Å². The molecular weight excluding hydrogens is 276 g/mol. The number of carbonyl (C=O) groups is 4. The standard InChI is InChI=1S/C11H16O9/c12-4-2-1-3-9(17)20-11(10(18)19,5-7(13)14)6-8(15)16/h12H,1-6H2,(H,13,14)(H,15,16)(H,18,19). The van der Waals surface area contributed by atoms with Crippen LogP contribution < -0.4 is 0 Å². The smallest absolute Gasteiger partial charge is 0.349 e. The first-order chi connectivity index (χ1) is 9.23. The van der Waals surface area contributed by atoms with E-state index in [9.17, 15) is 19.2 Å². The molecule has 0 aromatic carbocycles. The lowest BCUT2D eigenvalue weighted by molar-refractivity contribution is -0.186. The van der Waals surface area contributed by atoms with E-state index in [2.05, 4.69) is 4.74 Å². The summed E-state index contributed by atoms with van der Waals surface area (Å²) in [5.41, 5.74) is -2.63. The molecule has 0 aliphatic heterocycles. The predicted octanol–water partition coefficient (Wildman–Crippen LogP) is -0.535. The average molecular weight is 292 g/mol. The van der Waals surface area contributed by atoms with Gasteiger partial charge in [0.05, 0.1) is 12.8 Å². The molecule has 0 bridgehead atoms. The Hall–Kier alpha value is -2.16. The van der Waals surface area contributed by atoms with Crippen LogP contribution in [-0.2, 0) is 23.9 Å². The molecule has 0 unspecified atom stereocenters. The van der Waals surface area contributed by atoms with Crippen LogP contribution in [0.3, 0.4) is 0 Å². The number of hydrogen-bond donors (Lipinski definition) is 4. The summed E-state index contributed by atoms with van der Waals surface area (Å²) in [7, 11) is 0. The lowest BCUT2D eigenvalue weighted by Crippen LogP contribution is -2.47. The maximum absolute atomic E-state index is 11.4. The predicted molar refractivity (Wildman–Crippen MR) is 61.9 cm³/mol. The average Bonchev–Trinajstić information content (AvgIpc) is 2.26. The summed E-state index contributed by atoms with van der Waals surface area (Å²) >= 11 is 0. The Balaban J connectivity index is 4.98. The van der Waals surface area contributed by atoms with Gasteiger partial charge in [-0.25, -0.2) is 4.79 Å². The molecule has 20 heavy (non-hydrogen) atoms. The zero-order valence-electron chi connectivity index (χ0n) is 10.6. The normalized spacial score (nSPS) is 10.8. The summed E-state index contributed by atoms with van der Waals surface area (Å²) in [5.74, 6) is -6.06. The summed E-state index contributed by atoms with van der Waals surface area (Å²) in [6.07, 6.45) is -2.05. The monoisotopic (exact) mass is 292 g/mol. The van der Waals surface area contributed by atoms with E-state index in [1.807, 2.05) is 0 Å². The minimum atomic E-state index is -2.63. The highest BCUT2D eigenvalue weighted by atomic mass is 16.6. The SMILES string of the molecule is O=C(O)CC(CC(=O)O)(OC(=O)CCCCO)C(=O)O. The first-order valence-corrected chi connectivity index (χ1v) is 5.73. The number of aliphatic hydroxyl groups excluding tert-OH is 1. The molecule has 0 rings (SSSR count). The van der Waals surface area contributed by atoms with Gasteiger partial charge in [0, 0.05) is 13.0 Å². The number of carboxylic acids is 3. The highest BCUT2D eigenvalue weighted by Gasteiger charge is 2.47. The van der Waals surface area contributed by atoms with Crippen LogP contribution in [0.25, 0.3) is 0 Å². The van der Waals surface area contributed by atoms with Crippen LogP contribution in [0.2, 0.25) is 0 Å². The van der Waals surface area contributed by atoms with Crippen molar-refractivity contribution in [2.24, 2.45) is 0 Å². The van der Waals surface area contributed by atoms with Crippen LogP contribution in [0.1, 0.15) is 32.1 Å². The molecule has 0 heterocycles. The number of carboxylic acid groups (broad SMARTS) is 3. The van der Waals surface area contributed by atoms with Crippen LogP contribution in [0, 0.1) is 0 Å². The number of aliphatic hydroxyl groups is 1. The van der Waals surface area contributed by atoms with Crippen molar-refractivity contribution in [3.63, 3.8) is 0 Å². The van der Waals surface area contributed by atoms with Crippen LogP contribution in [0.4, 0.5) is 0 Å².